The van der Waals surface area contributed by atoms with E-state index in [1.54, 1.807) is 6.08 Å². The summed E-state index contributed by atoms with van der Waals surface area (Å²) in [6.07, 6.45) is 2.21. The highest BCUT2D eigenvalue weighted by atomic mass is 16.1. The quantitative estimate of drug-likeness (QED) is 0.352. The number of allylic oxidation sites excluding steroid dienone is 1. The lowest BCUT2D eigenvalue weighted by atomic mass is 10.1. The molecule has 0 saturated carbocycles. The van der Waals surface area contributed by atoms with E-state index < -0.39 is 0 Å². The topological polar surface area (TPSA) is 81.3 Å². The van der Waals surface area contributed by atoms with Gasteiger partial charge in [-0.25, -0.2) is 0 Å². The van der Waals surface area contributed by atoms with E-state index >= 15 is 0 Å². The second-order valence-electron chi connectivity index (χ2n) is 8.36. The van der Waals surface area contributed by atoms with Crippen LogP contribution in [0, 0.1) is 6.92 Å². The molecule has 0 spiro atoms. The summed E-state index contributed by atoms with van der Waals surface area (Å²) < 4.78 is 3.24. The molecular formula is C28H25N5O2. The molecule has 0 aliphatic rings. The van der Waals surface area contributed by atoms with Crippen molar-refractivity contribution in [3.63, 3.8) is 0 Å². The second-order valence-corrected chi connectivity index (χ2v) is 8.36. The third kappa shape index (κ3) is 4.24. The SMILES string of the molecule is C=CCn1c(C)c(CCC(=O)Nc2cccc3ccccc23)c(=O)n2nc(-c3ccccc3)nc12. The summed E-state index contributed by atoms with van der Waals surface area (Å²) in [5.74, 6) is 0.778. The van der Waals surface area contributed by atoms with Gasteiger partial charge in [0.15, 0.2) is 5.82 Å². The summed E-state index contributed by atoms with van der Waals surface area (Å²) in [6, 6.07) is 23.2. The van der Waals surface area contributed by atoms with Crippen molar-refractivity contribution in [2.45, 2.75) is 26.3 Å². The Labute approximate surface area is 202 Å². The lowest BCUT2D eigenvalue weighted by Gasteiger charge is -2.14. The fourth-order valence-electron chi connectivity index (χ4n) is 4.34. The van der Waals surface area contributed by atoms with E-state index in [4.69, 9.17) is 0 Å². The van der Waals surface area contributed by atoms with Gasteiger partial charge in [0, 0.05) is 40.9 Å². The molecule has 0 unspecified atom stereocenters. The fraction of sp³-hybridized carbons (Fsp3) is 0.143. The van der Waals surface area contributed by atoms with Crippen LogP contribution in [0.4, 0.5) is 5.69 Å². The number of nitrogens with zero attached hydrogens (tertiary/aromatic N) is 4. The van der Waals surface area contributed by atoms with Crippen LogP contribution in [0.1, 0.15) is 17.7 Å². The van der Waals surface area contributed by atoms with Crippen molar-refractivity contribution in [3.8, 4) is 11.4 Å². The molecule has 7 nitrogen and oxygen atoms in total. The standard InChI is InChI=1S/C28H25N5O2/c1-3-18-32-19(2)22(27(35)33-28(32)30-26(31-33)21-11-5-4-6-12-21)16-17-25(34)29-24-15-9-13-20-10-7-8-14-23(20)24/h3-15H,1,16-18H2,2H3,(H,29,34). The van der Waals surface area contributed by atoms with E-state index in [1.807, 2.05) is 84.3 Å². The summed E-state index contributed by atoms with van der Waals surface area (Å²) in [7, 11) is 0. The van der Waals surface area contributed by atoms with Crippen LogP contribution in [-0.2, 0) is 17.8 Å². The first kappa shape index (κ1) is 22.3. The third-order valence-electron chi connectivity index (χ3n) is 6.13. The number of fused-ring (bicyclic) bond motifs is 2. The number of hydrogen-bond acceptors (Lipinski definition) is 4. The van der Waals surface area contributed by atoms with Gasteiger partial charge < -0.3 is 9.88 Å². The summed E-state index contributed by atoms with van der Waals surface area (Å²) in [5, 5.41) is 9.52. The molecule has 5 rings (SSSR count). The molecule has 174 valence electrons. The van der Waals surface area contributed by atoms with Gasteiger partial charge in [-0.2, -0.15) is 9.50 Å². The summed E-state index contributed by atoms with van der Waals surface area (Å²) in [4.78, 5) is 30.9. The van der Waals surface area contributed by atoms with E-state index in [-0.39, 0.29) is 24.3 Å². The van der Waals surface area contributed by atoms with Gasteiger partial charge in [-0.3, -0.25) is 9.59 Å². The second kappa shape index (κ2) is 9.38. The van der Waals surface area contributed by atoms with E-state index in [0.29, 0.717) is 23.7 Å². The molecule has 2 heterocycles. The van der Waals surface area contributed by atoms with Gasteiger partial charge >= 0.3 is 0 Å². The normalized spacial score (nSPS) is 11.1. The Morgan fingerprint density at radius 3 is 2.57 bits per heavy atom. The van der Waals surface area contributed by atoms with Gasteiger partial charge in [0.2, 0.25) is 11.7 Å². The van der Waals surface area contributed by atoms with Gasteiger partial charge in [-0.1, -0.05) is 72.8 Å². The molecule has 0 atom stereocenters. The number of benzene rings is 3. The smallest absolute Gasteiger partial charge is 0.279 e. The molecule has 1 N–H and O–H groups in total. The molecule has 2 aromatic heterocycles. The molecule has 7 heteroatoms. The Morgan fingerprint density at radius 2 is 1.77 bits per heavy atom. The van der Waals surface area contributed by atoms with Gasteiger partial charge in [0.1, 0.15) is 0 Å². The van der Waals surface area contributed by atoms with Gasteiger partial charge in [0.25, 0.3) is 5.56 Å². The highest BCUT2D eigenvalue weighted by Crippen LogP contribution is 2.23. The third-order valence-corrected chi connectivity index (χ3v) is 6.13. The average Bonchev–Trinajstić information content (AvgIpc) is 3.33. The Kier molecular flexibility index (Phi) is 5.97. The zero-order valence-electron chi connectivity index (χ0n) is 19.4. The highest BCUT2D eigenvalue weighted by molar-refractivity contribution is 6.02. The highest BCUT2D eigenvalue weighted by Gasteiger charge is 2.19. The van der Waals surface area contributed by atoms with Crippen LogP contribution in [0.3, 0.4) is 0 Å². The van der Waals surface area contributed by atoms with Crippen molar-refractivity contribution in [1.82, 2.24) is 19.2 Å². The van der Waals surface area contributed by atoms with Crippen molar-refractivity contribution < 1.29 is 4.79 Å². The average molecular weight is 464 g/mol. The Morgan fingerprint density at radius 1 is 1.03 bits per heavy atom. The van der Waals surface area contributed by atoms with Crippen LogP contribution in [0.5, 0.6) is 0 Å². The van der Waals surface area contributed by atoms with E-state index in [1.165, 1.54) is 4.52 Å². The molecule has 0 aliphatic carbocycles. The molecule has 0 radical (unpaired) electrons. The van der Waals surface area contributed by atoms with Crippen LogP contribution in [0.25, 0.3) is 27.9 Å². The van der Waals surface area contributed by atoms with E-state index in [2.05, 4.69) is 22.0 Å². The van der Waals surface area contributed by atoms with E-state index in [9.17, 15) is 9.59 Å². The predicted molar refractivity (Wildman–Crippen MR) is 139 cm³/mol. The predicted octanol–water partition coefficient (Wildman–Crippen LogP) is 4.78. The van der Waals surface area contributed by atoms with Crippen LogP contribution < -0.4 is 10.9 Å². The minimum Gasteiger partial charge on any atom is -0.326 e. The maximum atomic E-state index is 13.4. The van der Waals surface area contributed by atoms with Crippen LogP contribution in [-0.4, -0.2) is 25.1 Å². The largest absolute Gasteiger partial charge is 0.326 e. The van der Waals surface area contributed by atoms with Crippen molar-refractivity contribution >= 4 is 28.1 Å². The fourth-order valence-corrected chi connectivity index (χ4v) is 4.34. The van der Waals surface area contributed by atoms with Crippen molar-refractivity contribution in [2.75, 3.05) is 5.32 Å². The summed E-state index contributed by atoms with van der Waals surface area (Å²) in [6.45, 7) is 6.19. The number of nitrogens with one attached hydrogen (secondary N) is 1. The van der Waals surface area contributed by atoms with Gasteiger partial charge in [-0.15, -0.1) is 11.7 Å². The Balaban J connectivity index is 1.46. The first-order chi connectivity index (χ1) is 17.1. The first-order valence-corrected chi connectivity index (χ1v) is 11.5. The van der Waals surface area contributed by atoms with Crippen molar-refractivity contribution in [2.24, 2.45) is 0 Å². The minimum atomic E-state index is -0.259. The van der Waals surface area contributed by atoms with E-state index in [0.717, 1.165) is 27.7 Å². The molecule has 0 bridgehead atoms. The zero-order chi connectivity index (χ0) is 24.4. The van der Waals surface area contributed by atoms with Crippen LogP contribution >= 0.6 is 0 Å². The number of anilines is 1. The van der Waals surface area contributed by atoms with Gasteiger partial charge in [-0.05, 0) is 24.8 Å². The monoisotopic (exact) mass is 463 g/mol. The number of carbonyl (C=O) groups excluding carboxylic acids is 1. The number of rotatable bonds is 7. The summed E-state index contributed by atoms with van der Waals surface area (Å²) in [5.41, 5.74) is 2.62. The number of amides is 1. The lowest BCUT2D eigenvalue weighted by Crippen LogP contribution is -2.27. The first-order valence-electron chi connectivity index (χ1n) is 11.5. The molecule has 3 aromatic carbocycles. The number of carbonyl (C=O) groups is 1. The van der Waals surface area contributed by atoms with Crippen LogP contribution in [0.2, 0.25) is 0 Å². The van der Waals surface area contributed by atoms with Crippen molar-refractivity contribution in [3.05, 3.63) is 107 Å². The Hall–Kier alpha value is -4.52. The lowest BCUT2D eigenvalue weighted by molar-refractivity contribution is -0.116. The maximum absolute atomic E-state index is 13.4. The molecule has 0 fully saturated rings. The number of hydrogen-bond donors (Lipinski definition) is 1. The summed E-state index contributed by atoms with van der Waals surface area (Å²) >= 11 is 0. The minimum absolute atomic E-state index is 0.154. The molecule has 0 saturated heterocycles. The molecule has 0 aliphatic heterocycles. The van der Waals surface area contributed by atoms with Crippen LogP contribution in [0.15, 0.2) is 90.2 Å². The molecule has 5 aromatic rings. The van der Waals surface area contributed by atoms with Crippen molar-refractivity contribution in [1.29, 1.82) is 0 Å². The maximum Gasteiger partial charge on any atom is 0.279 e. The zero-order valence-corrected chi connectivity index (χ0v) is 19.4. The molecular weight excluding hydrogens is 438 g/mol. The molecule has 1 amide bonds. The molecule has 35 heavy (non-hydrogen) atoms. The number of aromatic nitrogens is 4. The Bertz CT molecular complexity index is 1610. The van der Waals surface area contributed by atoms with Gasteiger partial charge in [0.05, 0.1) is 0 Å².